The number of anilines is 1. The summed E-state index contributed by atoms with van der Waals surface area (Å²) in [5.74, 6) is 0.830. The van der Waals surface area contributed by atoms with Crippen LogP contribution in [0.4, 0.5) is 5.82 Å². The number of nitrogens with zero attached hydrogens (tertiary/aromatic N) is 3. The molecule has 1 amide bonds. The summed E-state index contributed by atoms with van der Waals surface area (Å²) >= 11 is 0. The van der Waals surface area contributed by atoms with Gasteiger partial charge in [0.2, 0.25) is 0 Å². The van der Waals surface area contributed by atoms with Crippen LogP contribution in [0, 0.1) is 0 Å². The molecule has 10 nitrogen and oxygen atoms in total. The SMILES string of the molecule is CCn1ccc(NC(=O)c2cc(Oc3ccc(S(C)(=O)=O)nc3)cc(O[C@@H](C)CO)c2)n1. The number of sulfone groups is 1. The molecule has 0 saturated carbocycles. The average molecular weight is 461 g/mol. The zero-order valence-electron chi connectivity index (χ0n) is 17.8. The molecule has 32 heavy (non-hydrogen) atoms. The highest BCUT2D eigenvalue weighted by Gasteiger charge is 2.15. The van der Waals surface area contributed by atoms with Crippen molar-refractivity contribution in [3.8, 4) is 17.2 Å². The van der Waals surface area contributed by atoms with E-state index in [9.17, 15) is 18.3 Å². The van der Waals surface area contributed by atoms with Gasteiger partial charge in [-0.2, -0.15) is 5.10 Å². The Balaban J connectivity index is 1.87. The van der Waals surface area contributed by atoms with Crippen LogP contribution in [0.5, 0.6) is 17.2 Å². The Labute approximate surface area is 185 Å². The maximum atomic E-state index is 12.8. The fraction of sp³-hybridized carbons (Fsp3) is 0.286. The van der Waals surface area contributed by atoms with Gasteiger partial charge in [-0.3, -0.25) is 9.48 Å². The summed E-state index contributed by atoms with van der Waals surface area (Å²) in [6.07, 6.45) is 3.59. The third-order valence-corrected chi connectivity index (χ3v) is 5.27. The Morgan fingerprint density at radius 1 is 1.19 bits per heavy atom. The van der Waals surface area contributed by atoms with Gasteiger partial charge in [0.15, 0.2) is 20.7 Å². The van der Waals surface area contributed by atoms with Gasteiger partial charge in [0.1, 0.15) is 23.4 Å². The van der Waals surface area contributed by atoms with E-state index in [2.05, 4.69) is 15.4 Å². The van der Waals surface area contributed by atoms with Gasteiger partial charge in [0, 0.05) is 36.7 Å². The normalized spacial score (nSPS) is 12.2. The van der Waals surface area contributed by atoms with Gasteiger partial charge in [0.25, 0.3) is 5.91 Å². The maximum absolute atomic E-state index is 12.8. The molecule has 2 heterocycles. The van der Waals surface area contributed by atoms with Gasteiger partial charge < -0.3 is 19.9 Å². The van der Waals surface area contributed by atoms with E-state index in [1.54, 1.807) is 29.9 Å². The Bertz CT molecular complexity index is 1190. The van der Waals surface area contributed by atoms with Gasteiger partial charge in [-0.15, -0.1) is 0 Å². The standard InChI is InChI=1S/C21H24N4O6S/c1-4-25-8-7-19(24-25)23-21(27)15-9-17(30-14(2)13-26)11-18(10-15)31-16-5-6-20(22-12-16)32(3,28)29/h5-12,14,26H,4,13H2,1-3H3,(H,23,24,27)/t14-/m0/s1. The summed E-state index contributed by atoms with van der Waals surface area (Å²) in [5.41, 5.74) is 0.245. The number of carbonyl (C=O) groups is 1. The third kappa shape index (κ3) is 6.05. The summed E-state index contributed by atoms with van der Waals surface area (Å²) in [6.45, 7) is 4.07. The fourth-order valence-corrected chi connectivity index (χ4v) is 3.23. The summed E-state index contributed by atoms with van der Waals surface area (Å²) in [6, 6.07) is 9.06. The number of benzene rings is 1. The van der Waals surface area contributed by atoms with E-state index >= 15 is 0 Å². The largest absolute Gasteiger partial charge is 0.488 e. The van der Waals surface area contributed by atoms with E-state index in [0.29, 0.717) is 18.1 Å². The lowest BCUT2D eigenvalue weighted by Crippen LogP contribution is -2.17. The molecule has 0 fully saturated rings. The van der Waals surface area contributed by atoms with E-state index < -0.39 is 21.8 Å². The molecule has 3 rings (SSSR count). The molecule has 1 atom stereocenters. The predicted molar refractivity (Wildman–Crippen MR) is 117 cm³/mol. The molecule has 0 aliphatic rings. The molecule has 170 valence electrons. The molecule has 11 heteroatoms. The second-order valence-electron chi connectivity index (χ2n) is 7.02. The van der Waals surface area contributed by atoms with Crippen molar-refractivity contribution >= 4 is 21.6 Å². The van der Waals surface area contributed by atoms with Crippen molar-refractivity contribution in [2.24, 2.45) is 0 Å². The van der Waals surface area contributed by atoms with Crippen molar-refractivity contribution in [1.29, 1.82) is 0 Å². The molecule has 0 unspecified atom stereocenters. The lowest BCUT2D eigenvalue weighted by Gasteiger charge is -2.15. The van der Waals surface area contributed by atoms with E-state index in [1.807, 2.05) is 6.92 Å². The molecular formula is C21H24N4O6S. The Morgan fingerprint density at radius 3 is 2.53 bits per heavy atom. The quantitative estimate of drug-likeness (QED) is 0.498. The van der Waals surface area contributed by atoms with E-state index in [4.69, 9.17) is 9.47 Å². The number of aliphatic hydroxyl groups is 1. The van der Waals surface area contributed by atoms with Gasteiger partial charge >= 0.3 is 0 Å². The lowest BCUT2D eigenvalue weighted by atomic mass is 10.2. The van der Waals surface area contributed by atoms with Crippen molar-refractivity contribution in [3.63, 3.8) is 0 Å². The van der Waals surface area contributed by atoms with Crippen LogP contribution < -0.4 is 14.8 Å². The molecule has 3 aromatic rings. The average Bonchev–Trinajstić information content (AvgIpc) is 3.20. The first kappa shape index (κ1) is 23.2. The van der Waals surface area contributed by atoms with Crippen LogP contribution in [-0.2, 0) is 16.4 Å². The fourth-order valence-electron chi connectivity index (χ4n) is 2.67. The number of pyridine rings is 1. The van der Waals surface area contributed by atoms with Crippen LogP contribution in [-0.4, -0.2) is 53.2 Å². The molecule has 0 radical (unpaired) electrons. The summed E-state index contributed by atoms with van der Waals surface area (Å²) in [7, 11) is -3.43. The molecule has 0 spiro atoms. The Hall–Kier alpha value is -3.44. The molecule has 1 aromatic carbocycles. The number of hydrogen-bond donors (Lipinski definition) is 2. The minimum absolute atomic E-state index is 0.0784. The number of aromatic nitrogens is 3. The van der Waals surface area contributed by atoms with Crippen LogP contribution >= 0.6 is 0 Å². The third-order valence-electron chi connectivity index (χ3n) is 4.27. The van der Waals surface area contributed by atoms with E-state index in [-0.39, 0.29) is 28.7 Å². The number of carbonyl (C=O) groups excluding carboxylic acids is 1. The first-order chi connectivity index (χ1) is 15.2. The minimum atomic E-state index is -3.43. The van der Waals surface area contributed by atoms with Crippen LogP contribution in [0.1, 0.15) is 24.2 Å². The predicted octanol–water partition coefficient (Wildman–Crippen LogP) is 2.51. The zero-order chi connectivity index (χ0) is 23.3. The summed E-state index contributed by atoms with van der Waals surface area (Å²) < 4.78 is 36.2. The van der Waals surface area contributed by atoms with Gasteiger partial charge in [0.05, 0.1) is 12.8 Å². The topological polar surface area (TPSA) is 133 Å². The summed E-state index contributed by atoms with van der Waals surface area (Å²) in [4.78, 5) is 16.7. The Morgan fingerprint density at radius 2 is 1.94 bits per heavy atom. The zero-order valence-corrected chi connectivity index (χ0v) is 18.7. The van der Waals surface area contributed by atoms with Crippen molar-refractivity contribution < 1.29 is 27.8 Å². The minimum Gasteiger partial charge on any atom is -0.488 e. The highest BCUT2D eigenvalue weighted by atomic mass is 32.2. The smallest absolute Gasteiger partial charge is 0.257 e. The number of ether oxygens (including phenoxy) is 2. The monoisotopic (exact) mass is 460 g/mol. The van der Waals surface area contributed by atoms with Gasteiger partial charge in [-0.1, -0.05) is 0 Å². The first-order valence-electron chi connectivity index (χ1n) is 9.79. The highest BCUT2D eigenvalue weighted by Crippen LogP contribution is 2.28. The number of aryl methyl sites for hydroxylation is 1. The van der Waals surface area contributed by atoms with Crippen LogP contribution in [0.3, 0.4) is 0 Å². The number of hydrogen-bond acceptors (Lipinski definition) is 8. The highest BCUT2D eigenvalue weighted by molar-refractivity contribution is 7.90. The number of nitrogens with one attached hydrogen (secondary N) is 1. The molecule has 0 aliphatic heterocycles. The second kappa shape index (κ2) is 9.79. The lowest BCUT2D eigenvalue weighted by molar-refractivity contribution is 0.102. The number of amides is 1. The van der Waals surface area contributed by atoms with Crippen LogP contribution in [0.2, 0.25) is 0 Å². The van der Waals surface area contributed by atoms with Gasteiger partial charge in [-0.25, -0.2) is 13.4 Å². The van der Waals surface area contributed by atoms with Gasteiger partial charge in [-0.05, 0) is 38.1 Å². The van der Waals surface area contributed by atoms with Crippen LogP contribution in [0.15, 0.2) is 53.8 Å². The first-order valence-corrected chi connectivity index (χ1v) is 11.7. The molecule has 0 aliphatic carbocycles. The van der Waals surface area contributed by atoms with E-state index in [1.165, 1.54) is 30.5 Å². The van der Waals surface area contributed by atoms with Crippen molar-refractivity contribution in [3.05, 3.63) is 54.4 Å². The molecule has 0 saturated heterocycles. The Kier molecular flexibility index (Phi) is 7.11. The van der Waals surface area contributed by atoms with Crippen molar-refractivity contribution in [2.45, 2.75) is 31.5 Å². The molecular weight excluding hydrogens is 436 g/mol. The van der Waals surface area contributed by atoms with Crippen LogP contribution in [0.25, 0.3) is 0 Å². The molecule has 2 N–H and O–H groups in total. The van der Waals surface area contributed by atoms with Crippen molar-refractivity contribution in [2.75, 3.05) is 18.2 Å². The number of aliphatic hydroxyl groups excluding tert-OH is 1. The van der Waals surface area contributed by atoms with E-state index in [0.717, 1.165) is 6.26 Å². The number of rotatable bonds is 9. The second-order valence-corrected chi connectivity index (χ2v) is 8.98. The maximum Gasteiger partial charge on any atom is 0.257 e. The molecule has 2 aromatic heterocycles. The summed E-state index contributed by atoms with van der Waals surface area (Å²) in [5, 5.41) is 16.1. The van der Waals surface area contributed by atoms with Crippen molar-refractivity contribution in [1.82, 2.24) is 14.8 Å². The molecule has 0 bridgehead atoms.